The molecule has 19 heavy (non-hydrogen) atoms. The van der Waals surface area contributed by atoms with Crippen molar-refractivity contribution in [3.63, 3.8) is 0 Å². The highest BCUT2D eigenvalue weighted by molar-refractivity contribution is 5.75. The second-order valence-electron chi connectivity index (χ2n) is 4.13. The lowest BCUT2D eigenvalue weighted by atomic mass is 10.3. The van der Waals surface area contributed by atoms with E-state index >= 15 is 0 Å². The summed E-state index contributed by atoms with van der Waals surface area (Å²) in [6.07, 6.45) is 2.69. The van der Waals surface area contributed by atoms with Crippen molar-refractivity contribution in [3.8, 4) is 0 Å². The zero-order valence-electron chi connectivity index (χ0n) is 11.1. The van der Waals surface area contributed by atoms with E-state index in [1.165, 1.54) is 0 Å². The average molecular weight is 261 g/mol. The number of para-hydroxylation sites is 2. The molecule has 0 radical (unpaired) electrons. The van der Waals surface area contributed by atoms with E-state index < -0.39 is 0 Å². The summed E-state index contributed by atoms with van der Waals surface area (Å²) in [6, 6.07) is 7.84. The van der Waals surface area contributed by atoms with E-state index in [4.69, 9.17) is 9.47 Å². The average Bonchev–Trinajstić information content (AvgIpc) is 2.46. The van der Waals surface area contributed by atoms with Crippen molar-refractivity contribution < 1.29 is 9.47 Å². The topological polar surface area (TPSA) is 56.3 Å². The highest BCUT2D eigenvalue weighted by Crippen LogP contribution is 2.10. The Morgan fingerprint density at radius 2 is 1.95 bits per heavy atom. The fourth-order valence-electron chi connectivity index (χ4n) is 1.68. The molecule has 0 aliphatic rings. The molecule has 2 aromatic rings. The number of methoxy groups -OCH3 is 1. The van der Waals surface area contributed by atoms with E-state index in [1.807, 2.05) is 24.3 Å². The van der Waals surface area contributed by atoms with Crippen molar-refractivity contribution >= 4 is 16.9 Å². The van der Waals surface area contributed by atoms with E-state index in [-0.39, 0.29) is 0 Å². The summed E-state index contributed by atoms with van der Waals surface area (Å²) in [5.74, 6) is 0.801. The maximum atomic E-state index is 5.38. The van der Waals surface area contributed by atoms with E-state index in [0.717, 1.165) is 36.4 Å². The molecule has 0 aliphatic carbocycles. The predicted molar refractivity (Wildman–Crippen MR) is 75.3 cm³/mol. The van der Waals surface area contributed by atoms with Crippen LogP contribution in [0.5, 0.6) is 0 Å². The number of hydrogen-bond donors (Lipinski definition) is 1. The standard InChI is InChI=1S/C14H19N3O2/c1-18-9-10-19-8-4-7-15-14-11-16-12-5-2-3-6-13(12)17-14/h2-3,5-6,11H,4,7-10H2,1H3,(H,15,17). The maximum Gasteiger partial charge on any atom is 0.145 e. The molecule has 1 heterocycles. The van der Waals surface area contributed by atoms with Crippen LogP contribution in [-0.4, -0.2) is 43.4 Å². The van der Waals surface area contributed by atoms with Crippen LogP contribution in [-0.2, 0) is 9.47 Å². The van der Waals surface area contributed by atoms with Crippen LogP contribution >= 0.6 is 0 Å². The summed E-state index contributed by atoms with van der Waals surface area (Å²) in [4.78, 5) is 8.84. The molecule has 0 unspecified atom stereocenters. The lowest BCUT2D eigenvalue weighted by Gasteiger charge is -2.06. The van der Waals surface area contributed by atoms with Crippen molar-refractivity contribution in [2.24, 2.45) is 0 Å². The van der Waals surface area contributed by atoms with Crippen LogP contribution in [0.15, 0.2) is 30.5 Å². The number of hydrogen-bond acceptors (Lipinski definition) is 5. The number of fused-ring (bicyclic) bond motifs is 1. The predicted octanol–water partition coefficient (Wildman–Crippen LogP) is 2.09. The molecule has 1 N–H and O–H groups in total. The number of anilines is 1. The molecule has 0 aliphatic heterocycles. The molecular formula is C14H19N3O2. The molecule has 0 fully saturated rings. The van der Waals surface area contributed by atoms with Gasteiger partial charge in [0, 0.05) is 20.3 Å². The summed E-state index contributed by atoms with van der Waals surface area (Å²) in [6.45, 7) is 2.83. The minimum atomic E-state index is 0.642. The van der Waals surface area contributed by atoms with Crippen molar-refractivity contribution in [2.45, 2.75) is 6.42 Å². The highest BCUT2D eigenvalue weighted by atomic mass is 16.5. The normalized spacial score (nSPS) is 10.8. The molecule has 1 aromatic heterocycles. The summed E-state index contributed by atoms with van der Waals surface area (Å²) < 4.78 is 10.3. The van der Waals surface area contributed by atoms with Gasteiger partial charge in [0.15, 0.2) is 0 Å². The first kappa shape index (κ1) is 13.7. The van der Waals surface area contributed by atoms with E-state index in [0.29, 0.717) is 13.2 Å². The molecule has 0 amide bonds. The van der Waals surface area contributed by atoms with E-state index in [1.54, 1.807) is 13.3 Å². The molecular weight excluding hydrogens is 242 g/mol. The second kappa shape index (κ2) is 7.66. The van der Waals surface area contributed by atoms with Crippen molar-refractivity contribution in [2.75, 3.05) is 38.8 Å². The van der Waals surface area contributed by atoms with Gasteiger partial charge in [-0.25, -0.2) is 4.98 Å². The number of benzene rings is 1. The monoisotopic (exact) mass is 261 g/mol. The maximum absolute atomic E-state index is 5.38. The lowest BCUT2D eigenvalue weighted by Crippen LogP contribution is -2.09. The SMILES string of the molecule is COCCOCCCNc1cnc2ccccc2n1. The molecule has 102 valence electrons. The number of rotatable bonds is 8. The molecule has 5 heteroatoms. The van der Waals surface area contributed by atoms with Crippen molar-refractivity contribution in [3.05, 3.63) is 30.5 Å². The van der Waals surface area contributed by atoms with Crippen LogP contribution in [0.1, 0.15) is 6.42 Å². The van der Waals surface area contributed by atoms with E-state index in [9.17, 15) is 0 Å². The summed E-state index contributed by atoms with van der Waals surface area (Å²) in [5, 5.41) is 3.24. The fraction of sp³-hybridized carbons (Fsp3) is 0.429. The van der Waals surface area contributed by atoms with Crippen LogP contribution in [0, 0.1) is 0 Å². The molecule has 0 saturated heterocycles. The third kappa shape index (κ3) is 4.46. The lowest BCUT2D eigenvalue weighted by molar-refractivity contribution is 0.0705. The van der Waals surface area contributed by atoms with Crippen LogP contribution in [0.3, 0.4) is 0 Å². The Hall–Kier alpha value is -1.72. The van der Waals surface area contributed by atoms with E-state index in [2.05, 4.69) is 15.3 Å². The smallest absolute Gasteiger partial charge is 0.145 e. The summed E-state index contributed by atoms with van der Waals surface area (Å²) in [5.41, 5.74) is 1.82. The Balaban J connectivity index is 1.72. The molecule has 1 aromatic carbocycles. The van der Waals surface area contributed by atoms with Gasteiger partial charge in [-0.05, 0) is 18.6 Å². The van der Waals surface area contributed by atoms with Gasteiger partial charge in [0.1, 0.15) is 5.82 Å². The first-order valence-electron chi connectivity index (χ1n) is 6.42. The first-order chi connectivity index (χ1) is 9.40. The van der Waals surface area contributed by atoms with Gasteiger partial charge < -0.3 is 14.8 Å². The highest BCUT2D eigenvalue weighted by Gasteiger charge is 1.98. The van der Waals surface area contributed by atoms with Crippen molar-refractivity contribution in [1.29, 1.82) is 0 Å². The van der Waals surface area contributed by atoms with Crippen LogP contribution in [0.4, 0.5) is 5.82 Å². The van der Waals surface area contributed by atoms with Crippen molar-refractivity contribution in [1.82, 2.24) is 9.97 Å². The van der Waals surface area contributed by atoms with Gasteiger partial charge in [-0.1, -0.05) is 12.1 Å². The molecule has 0 spiro atoms. The Morgan fingerprint density at radius 3 is 2.79 bits per heavy atom. The van der Waals surface area contributed by atoms with Crippen LogP contribution in [0.2, 0.25) is 0 Å². The van der Waals surface area contributed by atoms with Gasteiger partial charge in [0.25, 0.3) is 0 Å². The summed E-state index contributed by atoms with van der Waals surface area (Å²) in [7, 11) is 1.67. The molecule has 5 nitrogen and oxygen atoms in total. The quantitative estimate of drug-likeness (QED) is 0.737. The number of ether oxygens (including phenoxy) is 2. The van der Waals surface area contributed by atoms with Crippen LogP contribution < -0.4 is 5.32 Å². The third-order valence-corrected chi connectivity index (χ3v) is 2.65. The fourth-order valence-corrected chi connectivity index (χ4v) is 1.68. The Bertz CT molecular complexity index is 505. The Kier molecular flexibility index (Phi) is 5.52. The Morgan fingerprint density at radius 1 is 1.11 bits per heavy atom. The molecule has 0 atom stereocenters. The Labute approximate surface area is 113 Å². The van der Waals surface area contributed by atoms with Gasteiger partial charge >= 0.3 is 0 Å². The van der Waals surface area contributed by atoms with Gasteiger partial charge in [-0.15, -0.1) is 0 Å². The minimum absolute atomic E-state index is 0.642. The summed E-state index contributed by atoms with van der Waals surface area (Å²) >= 11 is 0. The molecule has 0 saturated carbocycles. The second-order valence-corrected chi connectivity index (χ2v) is 4.13. The van der Waals surface area contributed by atoms with Crippen LogP contribution in [0.25, 0.3) is 11.0 Å². The zero-order chi connectivity index (χ0) is 13.3. The first-order valence-corrected chi connectivity index (χ1v) is 6.42. The zero-order valence-corrected chi connectivity index (χ0v) is 11.1. The minimum Gasteiger partial charge on any atom is -0.382 e. The number of nitrogens with zero attached hydrogens (tertiary/aromatic N) is 2. The van der Waals surface area contributed by atoms with Gasteiger partial charge in [-0.2, -0.15) is 0 Å². The third-order valence-electron chi connectivity index (χ3n) is 2.65. The molecule has 0 bridgehead atoms. The van der Waals surface area contributed by atoms with Gasteiger partial charge in [0.05, 0.1) is 30.4 Å². The van der Waals surface area contributed by atoms with Gasteiger partial charge in [0.2, 0.25) is 0 Å². The van der Waals surface area contributed by atoms with Gasteiger partial charge in [-0.3, -0.25) is 4.98 Å². The molecule has 2 rings (SSSR count). The largest absolute Gasteiger partial charge is 0.382 e. The number of nitrogens with one attached hydrogen (secondary N) is 1. The number of aromatic nitrogens is 2.